The molecule has 1 saturated heterocycles. The van der Waals surface area contributed by atoms with Crippen LogP contribution in [-0.2, 0) is 12.7 Å². The molecule has 28 heavy (non-hydrogen) atoms. The van der Waals surface area contributed by atoms with Gasteiger partial charge in [-0.15, -0.1) is 0 Å². The maximum absolute atomic E-state index is 13.6. The molecule has 0 aromatic carbocycles. The molecule has 3 aromatic heterocycles. The molecule has 1 fully saturated rings. The summed E-state index contributed by atoms with van der Waals surface area (Å²) in [4.78, 5) is 11.0. The molecule has 1 aliphatic heterocycles. The summed E-state index contributed by atoms with van der Waals surface area (Å²) < 4.78 is 41.8. The zero-order chi connectivity index (χ0) is 19.9. The lowest BCUT2D eigenvalue weighted by Crippen LogP contribution is -2.23. The fraction of sp³-hybridized carbons (Fsp3) is 0.450. The zero-order valence-electron chi connectivity index (χ0n) is 15.8. The summed E-state index contributed by atoms with van der Waals surface area (Å²) in [5.74, 6) is -0.100. The normalized spacial score (nSPS) is 18.4. The molecule has 4 rings (SSSR count). The van der Waals surface area contributed by atoms with Crippen LogP contribution in [0.15, 0.2) is 36.5 Å². The standard InChI is InChI=1S/C20H22F3N5/c1-13(2)15-10-18(20(21,22)23)28-19(25-15)11-16(26-28)17-7-5-9-27(17)12-14-6-3-4-8-24-14/h3-4,6,8,10-11,13,17H,5,7,9,12H2,1-2H3. The Morgan fingerprint density at radius 2 is 2.04 bits per heavy atom. The lowest BCUT2D eigenvalue weighted by Gasteiger charge is -2.22. The van der Waals surface area contributed by atoms with Crippen molar-refractivity contribution in [3.8, 4) is 0 Å². The van der Waals surface area contributed by atoms with Crippen LogP contribution in [0.5, 0.6) is 0 Å². The van der Waals surface area contributed by atoms with Crippen molar-refractivity contribution in [3.63, 3.8) is 0 Å². The van der Waals surface area contributed by atoms with Crippen molar-refractivity contribution in [2.24, 2.45) is 0 Å². The monoisotopic (exact) mass is 389 g/mol. The average Bonchev–Trinajstić information content (AvgIpc) is 3.26. The number of fused-ring (bicyclic) bond motifs is 1. The summed E-state index contributed by atoms with van der Waals surface area (Å²) in [6.07, 6.45) is -0.910. The fourth-order valence-electron chi connectivity index (χ4n) is 3.72. The summed E-state index contributed by atoms with van der Waals surface area (Å²) in [6.45, 7) is 5.19. The Balaban J connectivity index is 1.72. The molecule has 0 radical (unpaired) electrons. The molecule has 0 saturated carbocycles. The van der Waals surface area contributed by atoms with Crippen LogP contribution >= 0.6 is 0 Å². The Morgan fingerprint density at radius 3 is 2.71 bits per heavy atom. The summed E-state index contributed by atoms with van der Waals surface area (Å²) in [7, 11) is 0. The van der Waals surface area contributed by atoms with Gasteiger partial charge in [0.15, 0.2) is 5.65 Å². The zero-order valence-corrected chi connectivity index (χ0v) is 15.8. The van der Waals surface area contributed by atoms with Crippen molar-refractivity contribution < 1.29 is 13.2 Å². The maximum Gasteiger partial charge on any atom is 0.433 e. The van der Waals surface area contributed by atoms with Gasteiger partial charge in [0, 0.05) is 24.5 Å². The first-order valence-electron chi connectivity index (χ1n) is 9.44. The van der Waals surface area contributed by atoms with E-state index in [1.54, 1.807) is 12.3 Å². The molecular formula is C20H22F3N5. The quantitative estimate of drug-likeness (QED) is 0.654. The Morgan fingerprint density at radius 1 is 1.21 bits per heavy atom. The molecule has 0 spiro atoms. The molecule has 148 valence electrons. The number of likely N-dealkylation sites (tertiary alicyclic amines) is 1. The molecule has 5 nitrogen and oxygen atoms in total. The predicted octanol–water partition coefficient (Wildman–Crippen LogP) is 4.60. The van der Waals surface area contributed by atoms with Gasteiger partial charge in [0.2, 0.25) is 0 Å². The fourth-order valence-corrected chi connectivity index (χ4v) is 3.72. The second-order valence-corrected chi connectivity index (χ2v) is 7.51. The van der Waals surface area contributed by atoms with Crippen molar-refractivity contribution in [1.82, 2.24) is 24.5 Å². The number of rotatable bonds is 4. The van der Waals surface area contributed by atoms with Crippen molar-refractivity contribution >= 4 is 5.65 Å². The van der Waals surface area contributed by atoms with E-state index in [-0.39, 0.29) is 17.6 Å². The molecule has 0 N–H and O–H groups in total. The van der Waals surface area contributed by atoms with E-state index in [4.69, 9.17) is 0 Å². The second-order valence-electron chi connectivity index (χ2n) is 7.51. The highest BCUT2D eigenvalue weighted by Crippen LogP contribution is 2.35. The van der Waals surface area contributed by atoms with Crippen LogP contribution in [0.25, 0.3) is 5.65 Å². The molecule has 1 unspecified atom stereocenters. The van der Waals surface area contributed by atoms with Crippen LogP contribution in [0.3, 0.4) is 0 Å². The van der Waals surface area contributed by atoms with Crippen LogP contribution in [0.2, 0.25) is 0 Å². The first-order valence-corrected chi connectivity index (χ1v) is 9.44. The third-order valence-electron chi connectivity index (χ3n) is 5.14. The third-order valence-corrected chi connectivity index (χ3v) is 5.14. The first kappa shape index (κ1) is 18.9. The van der Waals surface area contributed by atoms with E-state index in [1.165, 1.54) is 0 Å². The summed E-state index contributed by atoms with van der Waals surface area (Å²) in [5, 5.41) is 4.33. The van der Waals surface area contributed by atoms with Gasteiger partial charge in [0.1, 0.15) is 5.69 Å². The number of hydrogen-bond acceptors (Lipinski definition) is 4. The van der Waals surface area contributed by atoms with Gasteiger partial charge < -0.3 is 0 Å². The molecule has 1 atom stereocenters. The molecule has 1 aliphatic rings. The van der Waals surface area contributed by atoms with Gasteiger partial charge in [0.05, 0.1) is 17.4 Å². The molecule has 8 heteroatoms. The lowest BCUT2D eigenvalue weighted by atomic mass is 10.1. The van der Waals surface area contributed by atoms with Gasteiger partial charge in [-0.2, -0.15) is 18.3 Å². The predicted molar refractivity (Wildman–Crippen MR) is 98.7 cm³/mol. The summed E-state index contributed by atoms with van der Waals surface area (Å²) in [5.41, 5.74) is 1.46. The minimum atomic E-state index is -4.49. The highest BCUT2D eigenvalue weighted by molar-refractivity contribution is 5.44. The van der Waals surface area contributed by atoms with Crippen molar-refractivity contribution in [3.05, 3.63) is 59.3 Å². The van der Waals surface area contributed by atoms with E-state index < -0.39 is 11.9 Å². The number of nitrogens with zero attached hydrogens (tertiary/aromatic N) is 5. The Bertz CT molecular complexity index is 965. The summed E-state index contributed by atoms with van der Waals surface area (Å²) in [6, 6.07) is 8.52. The van der Waals surface area contributed by atoms with Crippen molar-refractivity contribution in [2.75, 3.05) is 6.54 Å². The number of halogens is 3. The van der Waals surface area contributed by atoms with E-state index in [0.29, 0.717) is 17.9 Å². The van der Waals surface area contributed by atoms with Crippen molar-refractivity contribution in [2.45, 2.75) is 51.4 Å². The maximum atomic E-state index is 13.6. The number of alkyl halides is 3. The van der Waals surface area contributed by atoms with Gasteiger partial charge in [-0.3, -0.25) is 9.88 Å². The van der Waals surface area contributed by atoms with Gasteiger partial charge >= 0.3 is 6.18 Å². The molecule has 3 aromatic rings. The van der Waals surface area contributed by atoms with E-state index in [2.05, 4.69) is 20.0 Å². The minimum Gasteiger partial charge on any atom is -0.289 e. The SMILES string of the molecule is CC(C)c1cc(C(F)(F)F)n2nc(C3CCCN3Cc3ccccn3)cc2n1. The number of aromatic nitrogens is 4. The lowest BCUT2D eigenvalue weighted by molar-refractivity contribution is -0.142. The topological polar surface area (TPSA) is 46.3 Å². The Labute approximate surface area is 161 Å². The molecule has 0 amide bonds. The third kappa shape index (κ3) is 3.61. The average molecular weight is 389 g/mol. The highest BCUT2D eigenvalue weighted by atomic mass is 19.4. The molecule has 0 bridgehead atoms. The molecular weight excluding hydrogens is 367 g/mol. The van der Waals surface area contributed by atoms with E-state index in [0.717, 1.165) is 35.7 Å². The van der Waals surface area contributed by atoms with Crippen molar-refractivity contribution in [1.29, 1.82) is 0 Å². The second kappa shape index (κ2) is 7.16. The number of pyridine rings is 1. The van der Waals surface area contributed by atoms with Gasteiger partial charge in [-0.05, 0) is 43.5 Å². The van der Waals surface area contributed by atoms with E-state index in [1.807, 2.05) is 32.0 Å². The largest absolute Gasteiger partial charge is 0.433 e. The van der Waals surface area contributed by atoms with E-state index >= 15 is 0 Å². The first-order chi connectivity index (χ1) is 13.3. The highest BCUT2D eigenvalue weighted by Gasteiger charge is 2.36. The minimum absolute atomic E-state index is 0.0349. The van der Waals surface area contributed by atoms with Gasteiger partial charge in [-0.1, -0.05) is 19.9 Å². The van der Waals surface area contributed by atoms with Gasteiger partial charge in [0.25, 0.3) is 0 Å². The molecule has 0 aliphatic carbocycles. The molecule has 4 heterocycles. The Hall–Kier alpha value is -2.48. The van der Waals surface area contributed by atoms with Crippen LogP contribution in [0.1, 0.15) is 61.4 Å². The van der Waals surface area contributed by atoms with E-state index in [9.17, 15) is 13.2 Å². The van der Waals surface area contributed by atoms with Crippen LogP contribution < -0.4 is 0 Å². The Kier molecular flexibility index (Phi) is 4.82. The smallest absolute Gasteiger partial charge is 0.289 e. The number of hydrogen-bond donors (Lipinski definition) is 0. The summed E-state index contributed by atoms with van der Waals surface area (Å²) >= 11 is 0. The van der Waals surface area contributed by atoms with Gasteiger partial charge in [-0.25, -0.2) is 9.50 Å². The van der Waals surface area contributed by atoms with Crippen LogP contribution in [-0.4, -0.2) is 31.0 Å². The van der Waals surface area contributed by atoms with Crippen LogP contribution in [0.4, 0.5) is 13.2 Å². The van der Waals surface area contributed by atoms with Crippen LogP contribution in [0, 0.1) is 0 Å².